The fraction of sp³-hybridized carbons (Fsp3) is 0.200. The number of nitrogens with zero attached hydrogens (tertiary/aromatic N) is 3. The van der Waals surface area contributed by atoms with Gasteiger partial charge in [0.15, 0.2) is 5.16 Å². The molecule has 0 spiro atoms. The van der Waals surface area contributed by atoms with Gasteiger partial charge >= 0.3 is 0 Å². The van der Waals surface area contributed by atoms with Gasteiger partial charge < -0.3 is 15.2 Å². The zero-order chi connectivity index (χ0) is 21.5. The smallest absolute Gasteiger partial charge is 0.234 e. The number of carbonyl (C=O) groups is 2. The zero-order valence-corrected chi connectivity index (χ0v) is 18.4. The summed E-state index contributed by atoms with van der Waals surface area (Å²) in [4.78, 5) is 24.6. The molecule has 0 aliphatic rings. The summed E-state index contributed by atoms with van der Waals surface area (Å²) in [7, 11) is 0. The van der Waals surface area contributed by atoms with Gasteiger partial charge in [0.05, 0.1) is 22.9 Å². The van der Waals surface area contributed by atoms with E-state index in [1.165, 1.54) is 11.8 Å². The molecule has 7 nitrogen and oxygen atoms in total. The van der Waals surface area contributed by atoms with Crippen LogP contribution in [0.15, 0.2) is 53.7 Å². The van der Waals surface area contributed by atoms with Crippen LogP contribution in [0.2, 0.25) is 10.0 Å². The Morgan fingerprint density at radius 1 is 1.03 bits per heavy atom. The first kappa shape index (κ1) is 22.1. The van der Waals surface area contributed by atoms with Gasteiger partial charge in [-0.05, 0) is 37.3 Å². The maximum absolute atomic E-state index is 12.3. The van der Waals surface area contributed by atoms with Crippen molar-refractivity contribution in [2.24, 2.45) is 0 Å². The number of halogens is 2. The van der Waals surface area contributed by atoms with Gasteiger partial charge in [-0.2, -0.15) is 0 Å². The van der Waals surface area contributed by atoms with E-state index >= 15 is 0 Å². The molecule has 0 unspecified atom stereocenters. The number of benzene rings is 2. The Bertz CT molecular complexity index is 1040. The average Bonchev–Trinajstić information content (AvgIpc) is 3.10. The molecule has 0 atom stereocenters. The third kappa shape index (κ3) is 5.98. The van der Waals surface area contributed by atoms with Crippen molar-refractivity contribution in [2.45, 2.75) is 25.0 Å². The van der Waals surface area contributed by atoms with Crippen LogP contribution in [0.4, 0.5) is 11.4 Å². The molecule has 0 aliphatic heterocycles. The first-order valence-electron chi connectivity index (χ1n) is 9.11. The summed E-state index contributed by atoms with van der Waals surface area (Å²) in [6.07, 6.45) is 0.0862. The molecule has 3 aromatic rings. The van der Waals surface area contributed by atoms with Gasteiger partial charge in [0.2, 0.25) is 11.8 Å². The SMILES string of the molecule is CCn1c(CC(=O)Nc2ccccc2)nnc1SCC(=O)Nc1ccc(Cl)cc1Cl. The second-order valence-electron chi connectivity index (χ2n) is 6.20. The predicted octanol–water partition coefficient (Wildman–Crippen LogP) is 4.52. The largest absolute Gasteiger partial charge is 0.326 e. The summed E-state index contributed by atoms with van der Waals surface area (Å²) < 4.78 is 1.82. The molecule has 0 bridgehead atoms. The van der Waals surface area contributed by atoms with Gasteiger partial charge in [-0.15, -0.1) is 10.2 Å². The van der Waals surface area contributed by atoms with Crippen LogP contribution in [0.3, 0.4) is 0 Å². The van der Waals surface area contributed by atoms with Crippen molar-refractivity contribution < 1.29 is 9.59 Å². The zero-order valence-electron chi connectivity index (χ0n) is 16.1. The van der Waals surface area contributed by atoms with Crippen molar-refractivity contribution in [1.29, 1.82) is 0 Å². The van der Waals surface area contributed by atoms with Gasteiger partial charge in [-0.3, -0.25) is 9.59 Å². The number of thioether (sulfide) groups is 1. The van der Waals surface area contributed by atoms with E-state index in [2.05, 4.69) is 20.8 Å². The summed E-state index contributed by atoms with van der Waals surface area (Å²) in [6.45, 7) is 2.51. The molecule has 2 aromatic carbocycles. The van der Waals surface area contributed by atoms with Crippen molar-refractivity contribution in [2.75, 3.05) is 16.4 Å². The number of nitrogens with one attached hydrogen (secondary N) is 2. The minimum atomic E-state index is -0.238. The van der Waals surface area contributed by atoms with Gasteiger partial charge in [0, 0.05) is 17.3 Å². The maximum Gasteiger partial charge on any atom is 0.234 e. The average molecular weight is 464 g/mol. The highest BCUT2D eigenvalue weighted by Gasteiger charge is 2.16. The van der Waals surface area contributed by atoms with Crippen LogP contribution < -0.4 is 10.6 Å². The third-order valence-corrected chi connectivity index (χ3v) is 5.54. The van der Waals surface area contributed by atoms with Crippen molar-refractivity contribution in [3.8, 4) is 0 Å². The van der Waals surface area contributed by atoms with E-state index in [4.69, 9.17) is 23.2 Å². The maximum atomic E-state index is 12.3. The number of aromatic nitrogens is 3. The number of carbonyl (C=O) groups excluding carboxylic acids is 2. The monoisotopic (exact) mass is 463 g/mol. The second-order valence-corrected chi connectivity index (χ2v) is 7.98. The van der Waals surface area contributed by atoms with E-state index in [9.17, 15) is 9.59 Å². The molecular formula is C20H19Cl2N5O2S. The number of rotatable bonds is 8. The van der Waals surface area contributed by atoms with E-state index < -0.39 is 0 Å². The molecule has 3 rings (SSSR count). The Labute approximate surface area is 188 Å². The van der Waals surface area contributed by atoms with E-state index in [1.807, 2.05) is 41.8 Å². The van der Waals surface area contributed by atoms with Gasteiger partial charge in [-0.25, -0.2) is 0 Å². The van der Waals surface area contributed by atoms with Crippen LogP contribution in [0.25, 0.3) is 0 Å². The van der Waals surface area contributed by atoms with Crippen molar-refractivity contribution >= 4 is 58.2 Å². The fourth-order valence-electron chi connectivity index (χ4n) is 2.65. The Morgan fingerprint density at radius 3 is 2.50 bits per heavy atom. The van der Waals surface area contributed by atoms with Gasteiger partial charge in [-0.1, -0.05) is 53.2 Å². The molecule has 0 saturated heterocycles. The second kappa shape index (κ2) is 10.5. The van der Waals surface area contributed by atoms with Crippen LogP contribution in [-0.4, -0.2) is 32.3 Å². The first-order chi connectivity index (χ1) is 14.5. The molecule has 156 valence electrons. The number of hydrogen-bond donors (Lipinski definition) is 2. The summed E-state index contributed by atoms with van der Waals surface area (Å²) in [6, 6.07) is 14.1. The highest BCUT2D eigenvalue weighted by Crippen LogP contribution is 2.26. The highest BCUT2D eigenvalue weighted by atomic mass is 35.5. The van der Waals surface area contributed by atoms with Crippen molar-refractivity contribution in [1.82, 2.24) is 14.8 Å². The Balaban J connectivity index is 1.58. The quantitative estimate of drug-likeness (QED) is 0.479. The topological polar surface area (TPSA) is 88.9 Å². The first-order valence-corrected chi connectivity index (χ1v) is 10.8. The molecule has 30 heavy (non-hydrogen) atoms. The number of para-hydroxylation sites is 1. The lowest BCUT2D eigenvalue weighted by atomic mass is 10.3. The molecule has 2 N–H and O–H groups in total. The molecule has 0 radical (unpaired) electrons. The van der Waals surface area contributed by atoms with Crippen LogP contribution >= 0.6 is 35.0 Å². The van der Waals surface area contributed by atoms with Crippen LogP contribution in [0.1, 0.15) is 12.7 Å². The molecule has 10 heteroatoms. The van der Waals surface area contributed by atoms with Crippen LogP contribution in [0, 0.1) is 0 Å². The lowest BCUT2D eigenvalue weighted by Gasteiger charge is -2.09. The Kier molecular flexibility index (Phi) is 7.73. The molecular weight excluding hydrogens is 445 g/mol. The van der Waals surface area contributed by atoms with E-state index in [0.29, 0.717) is 33.3 Å². The number of hydrogen-bond acceptors (Lipinski definition) is 5. The minimum Gasteiger partial charge on any atom is -0.326 e. The van der Waals surface area contributed by atoms with Gasteiger partial charge in [0.1, 0.15) is 5.82 Å². The summed E-state index contributed by atoms with van der Waals surface area (Å²) in [5, 5.41) is 15.2. The Hall–Kier alpha value is -2.55. The summed E-state index contributed by atoms with van der Waals surface area (Å²) in [5.41, 5.74) is 1.21. The summed E-state index contributed by atoms with van der Waals surface area (Å²) in [5.74, 6) is 0.232. The molecule has 1 heterocycles. The van der Waals surface area contributed by atoms with E-state index in [1.54, 1.807) is 18.2 Å². The van der Waals surface area contributed by atoms with Crippen molar-refractivity contribution in [3.05, 3.63) is 64.4 Å². The van der Waals surface area contributed by atoms with Gasteiger partial charge in [0.25, 0.3) is 0 Å². The third-order valence-electron chi connectivity index (χ3n) is 4.02. The summed E-state index contributed by atoms with van der Waals surface area (Å²) >= 11 is 13.2. The number of anilines is 2. The lowest BCUT2D eigenvalue weighted by Crippen LogP contribution is -2.18. The fourth-order valence-corrected chi connectivity index (χ4v) is 3.93. The van der Waals surface area contributed by atoms with E-state index in [-0.39, 0.29) is 24.0 Å². The Morgan fingerprint density at radius 2 is 1.80 bits per heavy atom. The standard InChI is InChI=1S/C20H19Cl2N5O2S/c1-2-27-17(11-18(28)23-14-6-4-3-5-7-14)25-26-20(27)30-12-19(29)24-16-9-8-13(21)10-15(16)22/h3-10H,2,11-12H2,1H3,(H,23,28)(H,24,29). The van der Waals surface area contributed by atoms with Crippen LogP contribution in [0.5, 0.6) is 0 Å². The lowest BCUT2D eigenvalue weighted by molar-refractivity contribution is -0.116. The highest BCUT2D eigenvalue weighted by molar-refractivity contribution is 7.99. The molecule has 1 aromatic heterocycles. The molecule has 0 fully saturated rings. The van der Waals surface area contributed by atoms with Crippen molar-refractivity contribution in [3.63, 3.8) is 0 Å². The molecule has 0 aliphatic carbocycles. The van der Waals surface area contributed by atoms with E-state index in [0.717, 1.165) is 5.69 Å². The number of amides is 2. The molecule has 0 saturated carbocycles. The predicted molar refractivity (Wildman–Crippen MR) is 120 cm³/mol. The normalized spacial score (nSPS) is 10.6. The van der Waals surface area contributed by atoms with Crippen LogP contribution in [-0.2, 0) is 22.6 Å². The minimum absolute atomic E-state index is 0.0862. The molecule has 2 amide bonds.